The van der Waals surface area contributed by atoms with Crippen LogP contribution in [0.2, 0.25) is 0 Å². The van der Waals surface area contributed by atoms with Gasteiger partial charge in [-0.25, -0.2) is 0 Å². The Morgan fingerprint density at radius 2 is 1.33 bits per heavy atom. The van der Waals surface area contributed by atoms with E-state index >= 15 is 0 Å². The number of hydrogen-bond donors (Lipinski definition) is 0. The second kappa shape index (κ2) is 6.32. The molecule has 0 saturated carbocycles. The molecule has 0 unspecified atom stereocenters. The minimum Gasteiger partial charge on any atom is -0.285 e. The molecule has 0 saturated heterocycles. The molecular weight excluding hydrogens is 290 g/mol. The average molecular weight is 301 g/mol. The van der Waals surface area contributed by atoms with E-state index in [4.69, 9.17) is 0 Å². The minimum atomic E-state index is -0.679. The third-order valence-corrected chi connectivity index (χ3v) is 3.64. The number of nitrogens with zero attached hydrogens (tertiary/aromatic N) is 1. The minimum absolute atomic E-state index is 0.122. The van der Waals surface area contributed by atoms with Crippen LogP contribution in [0.4, 0.5) is 5.69 Å². The van der Waals surface area contributed by atoms with Gasteiger partial charge >= 0.3 is 0 Å². The second-order valence-corrected chi connectivity index (χ2v) is 5.07. The van der Waals surface area contributed by atoms with Crippen LogP contribution in [0.25, 0.3) is 0 Å². The van der Waals surface area contributed by atoms with Gasteiger partial charge in [0.25, 0.3) is 5.69 Å². The summed E-state index contributed by atoms with van der Waals surface area (Å²) in [6, 6.07) is 11.7. The Kier molecular flexibility index (Phi) is 4.49. The van der Waals surface area contributed by atoms with Gasteiger partial charge in [0.05, 0.1) is 4.92 Å². The summed E-state index contributed by atoms with van der Waals surface area (Å²) < 4.78 is 0. The molecular formula is C15H11NO4S. The van der Waals surface area contributed by atoms with Gasteiger partial charge in [-0.3, -0.25) is 19.7 Å². The zero-order chi connectivity index (χ0) is 15.4. The van der Waals surface area contributed by atoms with Crippen LogP contribution in [0.5, 0.6) is 0 Å². The maximum absolute atomic E-state index is 12.1. The van der Waals surface area contributed by atoms with E-state index < -0.39 is 16.5 Å². The monoisotopic (exact) mass is 301 g/mol. The van der Waals surface area contributed by atoms with Gasteiger partial charge < -0.3 is 0 Å². The first-order valence-electron chi connectivity index (χ1n) is 6.00. The zero-order valence-electron chi connectivity index (χ0n) is 11.1. The van der Waals surface area contributed by atoms with E-state index in [1.807, 2.05) is 6.26 Å². The maximum Gasteiger partial charge on any atom is 0.269 e. The highest BCUT2D eigenvalue weighted by atomic mass is 32.2. The summed E-state index contributed by atoms with van der Waals surface area (Å²) in [4.78, 5) is 35.1. The molecule has 0 aliphatic rings. The molecule has 0 fully saturated rings. The average Bonchev–Trinajstić information content (AvgIpc) is 2.53. The molecule has 0 spiro atoms. The third-order valence-electron chi connectivity index (χ3n) is 2.90. The fraction of sp³-hybridized carbons (Fsp3) is 0.0667. The molecule has 0 aliphatic carbocycles. The van der Waals surface area contributed by atoms with Gasteiger partial charge in [0.2, 0.25) is 11.6 Å². The first-order valence-corrected chi connectivity index (χ1v) is 7.23. The topological polar surface area (TPSA) is 77.3 Å². The normalized spacial score (nSPS) is 10.1. The van der Waals surface area contributed by atoms with Gasteiger partial charge in [0.1, 0.15) is 0 Å². The molecule has 2 aromatic carbocycles. The predicted octanol–water partition coefficient (Wildman–Crippen LogP) is 3.38. The highest BCUT2D eigenvalue weighted by Gasteiger charge is 2.19. The quantitative estimate of drug-likeness (QED) is 0.278. The summed E-state index contributed by atoms with van der Waals surface area (Å²) in [6.45, 7) is 0. The molecule has 2 aromatic rings. The van der Waals surface area contributed by atoms with Crippen LogP contribution in [0.1, 0.15) is 20.7 Å². The Bertz CT molecular complexity index is 693. The lowest BCUT2D eigenvalue weighted by Crippen LogP contribution is -2.14. The van der Waals surface area contributed by atoms with Crippen molar-refractivity contribution in [2.24, 2.45) is 0 Å². The molecule has 0 aliphatic heterocycles. The number of nitro benzene ring substituents is 1. The molecule has 0 aromatic heterocycles. The summed E-state index contributed by atoms with van der Waals surface area (Å²) in [5.41, 5.74) is 0.319. The van der Waals surface area contributed by atoms with Crippen molar-refractivity contribution in [2.75, 3.05) is 6.26 Å². The van der Waals surface area contributed by atoms with E-state index in [0.717, 1.165) is 4.90 Å². The highest BCUT2D eigenvalue weighted by molar-refractivity contribution is 7.98. The van der Waals surface area contributed by atoms with E-state index in [1.165, 1.54) is 36.0 Å². The molecule has 2 rings (SSSR count). The van der Waals surface area contributed by atoms with Crippen LogP contribution >= 0.6 is 11.8 Å². The van der Waals surface area contributed by atoms with Crippen molar-refractivity contribution in [3.8, 4) is 0 Å². The van der Waals surface area contributed by atoms with E-state index in [9.17, 15) is 19.7 Å². The summed E-state index contributed by atoms with van der Waals surface area (Å²) in [7, 11) is 0. The van der Waals surface area contributed by atoms with Gasteiger partial charge in [0, 0.05) is 28.2 Å². The second-order valence-electron chi connectivity index (χ2n) is 4.19. The Hall–Kier alpha value is -2.47. The fourth-order valence-corrected chi connectivity index (χ4v) is 2.15. The van der Waals surface area contributed by atoms with Crippen molar-refractivity contribution < 1.29 is 14.5 Å². The van der Waals surface area contributed by atoms with Gasteiger partial charge in [-0.1, -0.05) is 0 Å². The molecule has 0 N–H and O–H groups in total. The predicted molar refractivity (Wildman–Crippen MR) is 80.0 cm³/mol. The molecule has 21 heavy (non-hydrogen) atoms. The van der Waals surface area contributed by atoms with Crippen molar-refractivity contribution in [1.82, 2.24) is 0 Å². The van der Waals surface area contributed by atoms with E-state index in [0.29, 0.717) is 5.56 Å². The number of Topliss-reactive ketones (excluding diaryl/α,β-unsaturated/α-hetero) is 2. The largest absolute Gasteiger partial charge is 0.285 e. The first-order chi connectivity index (χ1) is 10.0. The lowest BCUT2D eigenvalue weighted by atomic mass is 10.0. The Balaban J connectivity index is 2.21. The molecule has 0 amide bonds. The summed E-state index contributed by atoms with van der Waals surface area (Å²) >= 11 is 1.54. The van der Waals surface area contributed by atoms with E-state index in [1.54, 1.807) is 24.3 Å². The van der Waals surface area contributed by atoms with Crippen molar-refractivity contribution in [2.45, 2.75) is 4.90 Å². The molecule has 0 atom stereocenters. The van der Waals surface area contributed by atoms with Crippen LogP contribution in [-0.4, -0.2) is 22.7 Å². The maximum atomic E-state index is 12.1. The molecule has 0 heterocycles. The Morgan fingerprint density at radius 3 is 1.71 bits per heavy atom. The highest BCUT2D eigenvalue weighted by Crippen LogP contribution is 2.17. The van der Waals surface area contributed by atoms with Crippen molar-refractivity contribution in [3.05, 3.63) is 69.8 Å². The number of ketones is 2. The summed E-state index contributed by atoms with van der Waals surface area (Å²) in [6.07, 6.45) is 1.92. The van der Waals surface area contributed by atoms with Crippen LogP contribution in [-0.2, 0) is 0 Å². The van der Waals surface area contributed by atoms with Crippen molar-refractivity contribution in [3.63, 3.8) is 0 Å². The molecule has 106 valence electrons. The van der Waals surface area contributed by atoms with Crippen LogP contribution in [0.15, 0.2) is 53.4 Å². The van der Waals surface area contributed by atoms with Crippen molar-refractivity contribution in [1.29, 1.82) is 0 Å². The summed E-state index contributed by atoms with van der Waals surface area (Å²) in [5, 5.41) is 10.5. The third kappa shape index (κ3) is 3.35. The molecule has 5 nitrogen and oxygen atoms in total. The Morgan fingerprint density at radius 1 is 0.905 bits per heavy atom. The number of benzene rings is 2. The van der Waals surface area contributed by atoms with E-state index in [-0.39, 0.29) is 11.3 Å². The molecule has 6 heteroatoms. The van der Waals surface area contributed by atoms with E-state index in [2.05, 4.69) is 0 Å². The first kappa shape index (κ1) is 14.9. The Labute approximate surface area is 125 Å². The number of carbonyl (C=O) groups excluding carboxylic acids is 2. The SMILES string of the molecule is CSc1ccc(C(=O)C(=O)c2ccc([N+](=O)[O-])cc2)cc1. The molecule has 0 radical (unpaired) electrons. The number of nitro groups is 1. The van der Waals surface area contributed by atoms with Gasteiger partial charge in [-0.15, -0.1) is 11.8 Å². The number of thioether (sulfide) groups is 1. The zero-order valence-corrected chi connectivity index (χ0v) is 11.9. The van der Waals surface area contributed by atoms with Gasteiger partial charge in [-0.2, -0.15) is 0 Å². The molecule has 0 bridgehead atoms. The smallest absolute Gasteiger partial charge is 0.269 e. The van der Waals surface area contributed by atoms with Crippen LogP contribution < -0.4 is 0 Å². The summed E-state index contributed by atoms with van der Waals surface area (Å²) in [5.74, 6) is -1.31. The number of hydrogen-bond acceptors (Lipinski definition) is 5. The van der Waals surface area contributed by atoms with Crippen LogP contribution in [0, 0.1) is 10.1 Å². The standard InChI is InChI=1S/C15H11NO4S/c1-21-13-8-4-11(5-9-13)15(18)14(17)10-2-6-12(7-3-10)16(19)20/h2-9H,1H3. The fourth-order valence-electron chi connectivity index (χ4n) is 1.74. The van der Waals surface area contributed by atoms with Crippen LogP contribution in [0.3, 0.4) is 0 Å². The lowest BCUT2D eigenvalue weighted by molar-refractivity contribution is -0.384. The van der Waals surface area contributed by atoms with Gasteiger partial charge in [0.15, 0.2) is 0 Å². The number of non-ortho nitro benzene ring substituents is 1. The van der Waals surface area contributed by atoms with Crippen molar-refractivity contribution >= 4 is 29.0 Å². The number of rotatable bonds is 5. The van der Waals surface area contributed by atoms with Gasteiger partial charge in [-0.05, 0) is 42.7 Å². The lowest BCUT2D eigenvalue weighted by Gasteiger charge is -2.02. The number of carbonyl (C=O) groups is 2.